The molecule has 0 spiro atoms. The van der Waals surface area contributed by atoms with E-state index in [0.717, 1.165) is 27.4 Å². The molecule has 0 bridgehead atoms. The molecule has 16 heavy (non-hydrogen) atoms. The molecule has 0 aliphatic heterocycles. The summed E-state index contributed by atoms with van der Waals surface area (Å²) in [7, 11) is 0. The highest BCUT2D eigenvalue weighted by Gasteiger charge is 2.08. The molecule has 0 saturated carbocycles. The minimum absolute atomic E-state index is 0.474. The number of hydrogen-bond acceptors (Lipinski definition) is 2. The van der Waals surface area contributed by atoms with Crippen molar-refractivity contribution < 1.29 is 0 Å². The molecule has 0 amide bonds. The van der Waals surface area contributed by atoms with Crippen molar-refractivity contribution in [3.05, 3.63) is 45.8 Å². The van der Waals surface area contributed by atoms with Crippen LogP contribution in [0.25, 0.3) is 11.3 Å². The number of nitrogens with zero attached hydrogens (tertiary/aromatic N) is 2. The Morgan fingerprint density at radius 3 is 2.50 bits per heavy atom. The second-order valence-electron chi connectivity index (χ2n) is 3.60. The maximum absolute atomic E-state index is 6.08. The number of halogens is 2. The fourth-order valence-electron chi connectivity index (χ4n) is 1.46. The van der Waals surface area contributed by atoms with Gasteiger partial charge in [0.05, 0.1) is 5.69 Å². The van der Waals surface area contributed by atoms with Gasteiger partial charge in [0.2, 0.25) is 0 Å². The van der Waals surface area contributed by atoms with Crippen molar-refractivity contribution in [3.8, 4) is 11.3 Å². The summed E-state index contributed by atoms with van der Waals surface area (Å²) in [4.78, 5) is 8.15. The zero-order valence-corrected chi connectivity index (χ0v) is 10.5. The van der Waals surface area contributed by atoms with Crippen LogP contribution >= 0.6 is 23.2 Å². The molecule has 2 nitrogen and oxygen atoms in total. The summed E-state index contributed by atoms with van der Waals surface area (Å²) in [6, 6.07) is 5.84. The van der Waals surface area contributed by atoms with Crippen molar-refractivity contribution in [1.29, 1.82) is 0 Å². The van der Waals surface area contributed by atoms with Crippen LogP contribution in [0.5, 0.6) is 0 Å². The molecule has 1 heterocycles. The van der Waals surface area contributed by atoms with Gasteiger partial charge in [0.25, 0.3) is 0 Å². The van der Waals surface area contributed by atoms with Crippen LogP contribution in [0.1, 0.15) is 11.1 Å². The lowest BCUT2D eigenvalue weighted by Gasteiger charge is -2.07. The maximum atomic E-state index is 6.08. The fraction of sp³-hybridized carbons (Fsp3) is 0.167. The fourth-order valence-corrected chi connectivity index (χ4v) is 1.77. The van der Waals surface area contributed by atoms with Crippen LogP contribution in [-0.2, 0) is 0 Å². The van der Waals surface area contributed by atoms with Gasteiger partial charge in [-0.25, -0.2) is 9.97 Å². The average Bonchev–Trinajstić information content (AvgIpc) is 2.26. The Bertz CT molecular complexity index is 539. The predicted molar refractivity (Wildman–Crippen MR) is 67.0 cm³/mol. The lowest BCUT2D eigenvalue weighted by molar-refractivity contribution is 1.13. The first-order chi connectivity index (χ1) is 7.59. The van der Waals surface area contributed by atoms with Gasteiger partial charge in [0.1, 0.15) is 11.5 Å². The van der Waals surface area contributed by atoms with Crippen LogP contribution in [0, 0.1) is 13.8 Å². The van der Waals surface area contributed by atoms with Crippen LogP contribution in [0.4, 0.5) is 0 Å². The normalized spacial score (nSPS) is 10.5. The van der Waals surface area contributed by atoms with E-state index in [9.17, 15) is 0 Å². The summed E-state index contributed by atoms with van der Waals surface area (Å²) in [5, 5.41) is 1.20. The molecule has 0 atom stereocenters. The van der Waals surface area contributed by atoms with Crippen LogP contribution in [0.15, 0.2) is 24.5 Å². The van der Waals surface area contributed by atoms with Gasteiger partial charge in [0, 0.05) is 16.1 Å². The van der Waals surface area contributed by atoms with Gasteiger partial charge in [-0.3, -0.25) is 0 Å². The largest absolute Gasteiger partial charge is 0.236 e. The van der Waals surface area contributed by atoms with Crippen molar-refractivity contribution in [2.24, 2.45) is 0 Å². The van der Waals surface area contributed by atoms with E-state index in [4.69, 9.17) is 23.2 Å². The summed E-state index contributed by atoms with van der Waals surface area (Å²) < 4.78 is 0. The highest BCUT2D eigenvalue weighted by molar-refractivity contribution is 6.31. The second kappa shape index (κ2) is 4.40. The van der Waals surface area contributed by atoms with E-state index in [1.54, 1.807) is 0 Å². The predicted octanol–water partition coefficient (Wildman–Crippen LogP) is 4.07. The lowest BCUT2D eigenvalue weighted by atomic mass is 10.1. The van der Waals surface area contributed by atoms with Crippen molar-refractivity contribution in [3.63, 3.8) is 0 Å². The standard InChI is InChI=1S/C12H10Cl2N2/c1-7-3-4-9(5-10(7)13)11-8(2)12(14)16-6-15-11/h3-6H,1-2H3. The minimum atomic E-state index is 0.474. The molecule has 0 N–H and O–H groups in total. The number of benzene rings is 1. The SMILES string of the molecule is Cc1ccc(-c2ncnc(Cl)c2C)cc1Cl. The van der Waals surface area contributed by atoms with Crippen LogP contribution in [-0.4, -0.2) is 9.97 Å². The second-order valence-corrected chi connectivity index (χ2v) is 4.37. The molecular formula is C12H10Cl2N2. The zero-order valence-electron chi connectivity index (χ0n) is 8.96. The van der Waals surface area contributed by atoms with Gasteiger partial charge in [-0.05, 0) is 25.5 Å². The van der Waals surface area contributed by atoms with Crippen molar-refractivity contribution >= 4 is 23.2 Å². The molecule has 0 saturated heterocycles. The van der Waals surface area contributed by atoms with E-state index in [2.05, 4.69) is 9.97 Å². The summed E-state index contributed by atoms with van der Waals surface area (Å²) in [6.45, 7) is 3.86. The monoisotopic (exact) mass is 252 g/mol. The van der Waals surface area contributed by atoms with E-state index in [1.807, 2.05) is 32.0 Å². The summed E-state index contributed by atoms with van der Waals surface area (Å²) in [6.07, 6.45) is 1.46. The van der Waals surface area contributed by atoms with E-state index in [1.165, 1.54) is 6.33 Å². The third kappa shape index (κ3) is 2.04. The molecular weight excluding hydrogens is 243 g/mol. The Hall–Kier alpha value is -1.12. The minimum Gasteiger partial charge on any atom is -0.236 e. The smallest absolute Gasteiger partial charge is 0.135 e. The zero-order chi connectivity index (χ0) is 11.7. The average molecular weight is 253 g/mol. The molecule has 0 fully saturated rings. The summed E-state index contributed by atoms with van der Waals surface area (Å²) >= 11 is 12.0. The molecule has 0 aliphatic carbocycles. The highest BCUT2D eigenvalue weighted by Crippen LogP contribution is 2.27. The Labute approximate surface area is 104 Å². The van der Waals surface area contributed by atoms with Gasteiger partial charge in [-0.15, -0.1) is 0 Å². The molecule has 2 aromatic rings. The topological polar surface area (TPSA) is 25.8 Å². The van der Waals surface area contributed by atoms with E-state index in [-0.39, 0.29) is 0 Å². The molecule has 2 rings (SSSR count). The summed E-state index contributed by atoms with van der Waals surface area (Å²) in [5.41, 5.74) is 3.69. The third-order valence-corrected chi connectivity index (χ3v) is 3.26. The Morgan fingerprint density at radius 2 is 1.81 bits per heavy atom. The molecule has 0 radical (unpaired) electrons. The van der Waals surface area contributed by atoms with Crippen LogP contribution in [0.2, 0.25) is 10.2 Å². The number of rotatable bonds is 1. The Morgan fingerprint density at radius 1 is 1.06 bits per heavy atom. The van der Waals surface area contributed by atoms with Crippen molar-refractivity contribution in [1.82, 2.24) is 9.97 Å². The van der Waals surface area contributed by atoms with Crippen molar-refractivity contribution in [2.45, 2.75) is 13.8 Å². The van der Waals surface area contributed by atoms with Gasteiger partial charge in [-0.2, -0.15) is 0 Å². The maximum Gasteiger partial charge on any atom is 0.135 e. The highest BCUT2D eigenvalue weighted by atomic mass is 35.5. The lowest BCUT2D eigenvalue weighted by Crippen LogP contribution is -1.92. The summed E-state index contributed by atoms with van der Waals surface area (Å²) in [5.74, 6) is 0. The molecule has 0 aliphatic rings. The molecule has 0 unspecified atom stereocenters. The molecule has 82 valence electrons. The van der Waals surface area contributed by atoms with Crippen LogP contribution in [0.3, 0.4) is 0 Å². The number of hydrogen-bond donors (Lipinski definition) is 0. The Balaban J connectivity index is 2.59. The van der Waals surface area contributed by atoms with Crippen LogP contribution < -0.4 is 0 Å². The first kappa shape index (κ1) is 11.4. The van der Waals surface area contributed by atoms with E-state index in [0.29, 0.717) is 5.15 Å². The molecule has 4 heteroatoms. The number of aromatic nitrogens is 2. The van der Waals surface area contributed by atoms with Crippen molar-refractivity contribution in [2.75, 3.05) is 0 Å². The van der Waals surface area contributed by atoms with E-state index < -0.39 is 0 Å². The first-order valence-electron chi connectivity index (χ1n) is 4.83. The first-order valence-corrected chi connectivity index (χ1v) is 5.59. The molecule has 1 aromatic carbocycles. The van der Waals surface area contributed by atoms with Gasteiger partial charge < -0.3 is 0 Å². The van der Waals surface area contributed by atoms with Gasteiger partial charge >= 0.3 is 0 Å². The van der Waals surface area contributed by atoms with Gasteiger partial charge in [0.15, 0.2) is 0 Å². The number of aryl methyl sites for hydroxylation is 1. The quantitative estimate of drug-likeness (QED) is 0.716. The Kier molecular flexibility index (Phi) is 3.13. The van der Waals surface area contributed by atoms with E-state index >= 15 is 0 Å². The molecule has 1 aromatic heterocycles. The third-order valence-electron chi connectivity index (χ3n) is 2.47. The van der Waals surface area contributed by atoms with Gasteiger partial charge in [-0.1, -0.05) is 35.3 Å².